The number of benzene rings is 4. The van der Waals surface area contributed by atoms with Crippen LogP contribution in [0.25, 0.3) is 10.8 Å². The molecular weight excluding hydrogens is 857 g/mol. The van der Waals surface area contributed by atoms with Gasteiger partial charge >= 0.3 is 12.2 Å². The first kappa shape index (κ1) is 48.6. The average molecular weight is 919 g/mol. The van der Waals surface area contributed by atoms with Crippen LogP contribution in [0, 0.1) is 27.9 Å². The molecule has 4 aromatic carbocycles. The van der Waals surface area contributed by atoms with E-state index in [-0.39, 0.29) is 56.1 Å². The van der Waals surface area contributed by atoms with Gasteiger partial charge in [0.25, 0.3) is 5.69 Å². The smallest absolute Gasteiger partial charge is 0.416 e. The topological polar surface area (TPSA) is 192 Å². The number of allylic oxidation sites excluding steroid dienone is 1. The number of hydrogen-bond donors (Lipinski definition) is 3. The second-order valence-electron chi connectivity index (χ2n) is 18.3. The zero-order valence-corrected chi connectivity index (χ0v) is 38.7. The van der Waals surface area contributed by atoms with E-state index in [1.54, 1.807) is 23.1 Å². The van der Waals surface area contributed by atoms with Gasteiger partial charge in [-0.2, -0.15) is 0 Å². The number of ether oxygens (including phenoxy) is 4. The van der Waals surface area contributed by atoms with E-state index in [2.05, 4.69) is 18.0 Å². The molecule has 1 saturated carbocycles. The van der Waals surface area contributed by atoms with Crippen LogP contribution in [0.2, 0.25) is 0 Å². The fourth-order valence-electron chi connectivity index (χ4n) is 9.90. The highest BCUT2D eigenvalue weighted by molar-refractivity contribution is 6.03. The monoisotopic (exact) mass is 918 g/mol. The highest BCUT2D eigenvalue weighted by Gasteiger charge is 2.66. The SMILES string of the molecule is C=CCO[C@@]12Oc3ccc(OC(=O)NCC)cc3[C@H]3[C@H](CCCCO)[C@@H](CCCCO)C=C(C(=NOC(C)(C)C)C[C@@H]1N(Cc1cccc4ccccc14)C(=O)Oc1ccc([N+](=O)[O-])cc1)[C@H]32. The normalized spacial score (nSPS) is 22.4. The number of oxime groups is 1. The Morgan fingerprint density at radius 2 is 1.69 bits per heavy atom. The summed E-state index contributed by atoms with van der Waals surface area (Å²) in [7, 11) is 0. The maximum Gasteiger partial charge on any atom is 0.416 e. The number of amides is 2. The molecule has 1 heterocycles. The van der Waals surface area contributed by atoms with Crippen molar-refractivity contribution in [2.24, 2.45) is 22.9 Å². The quantitative estimate of drug-likeness (QED) is 0.0351. The molecule has 0 radical (unpaired) electrons. The molecule has 3 aliphatic rings. The van der Waals surface area contributed by atoms with Crippen molar-refractivity contribution in [3.05, 3.63) is 130 Å². The van der Waals surface area contributed by atoms with Crippen LogP contribution < -0.4 is 19.5 Å². The van der Waals surface area contributed by atoms with Gasteiger partial charge in [0, 0.05) is 49.8 Å². The summed E-state index contributed by atoms with van der Waals surface area (Å²) in [6.45, 7) is 12.1. The maximum atomic E-state index is 15.3. The molecule has 15 heteroatoms. The van der Waals surface area contributed by atoms with Gasteiger partial charge in [-0.25, -0.2) is 9.59 Å². The van der Waals surface area contributed by atoms with Crippen molar-refractivity contribution in [3.8, 4) is 17.2 Å². The van der Waals surface area contributed by atoms with Crippen LogP contribution >= 0.6 is 0 Å². The summed E-state index contributed by atoms with van der Waals surface area (Å²) in [5.41, 5.74) is 2.16. The van der Waals surface area contributed by atoms with Gasteiger partial charge in [0.05, 0.1) is 29.7 Å². The van der Waals surface area contributed by atoms with Crippen LogP contribution in [0.5, 0.6) is 17.2 Å². The lowest BCUT2D eigenvalue weighted by Crippen LogP contribution is -2.70. The Balaban J connectivity index is 1.49. The molecule has 6 atom stereocenters. The van der Waals surface area contributed by atoms with E-state index in [0.717, 1.165) is 40.3 Å². The van der Waals surface area contributed by atoms with E-state index in [9.17, 15) is 25.1 Å². The van der Waals surface area contributed by atoms with Crippen LogP contribution in [0.3, 0.4) is 0 Å². The number of aliphatic hydroxyl groups excluding tert-OH is 2. The first-order valence-electron chi connectivity index (χ1n) is 23.2. The second-order valence-corrected chi connectivity index (χ2v) is 18.3. The number of carbonyl (C=O) groups excluding carboxylic acids is 2. The molecule has 1 aliphatic heterocycles. The standard InChI is InChI=1S/C52H62N4O11/c1-6-29-63-52-46(55(33-36-18-14-17-34-15-8-9-19-40(34)36)50(60)65-38-23-21-37(22-24-38)56(61)62)32-44(54-67-51(3,4)5)42-30-35(16-10-12-27-57)41(20-11-13-28-58)47(48(42)52)43-31-39(25-26-45(43)66-52)64-49(59)53-7-2/h6,8-9,14-15,17-19,21-26,30-31,35,41,46-48,57-58H,1,7,10-13,16,20,27-29,32-33H2,2-5H3,(H,53,59)/t35-,41+,46-,47+,48+,52+/m0/s1. The van der Waals surface area contributed by atoms with Crippen molar-refractivity contribution >= 4 is 34.4 Å². The molecule has 1 fully saturated rings. The van der Waals surface area contributed by atoms with Crippen molar-refractivity contribution < 1.29 is 48.5 Å². The fraction of sp³-hybridized carbons (Fsp3) is 0.442. The lowest BCUT2D eigenvalue weighted by atomic mass is 9.55. The molecule has 0 saturated heterocycles. The number of nitro groups is 1. The van der Waals surface area contributed by atoms with E-state index in [1.165, 1.54) is 24.3 Å². The number of rotatable bonds is 19. The third kappa shape index (κ3) is 11.0. The van der Waals surface area contributed by atoms with Crippen molar-refractivity contribution in [1.82, 2.24) is 10.2 Å². The van der Waals surface area contributed by atoms with Gasteiger partial charge in [-0.15, -0.1) is 6.58 Å². The Labute approximate surface area is 391 Å². The summed E-state index contributed by atoms with van der Waals surface area (Å²) >= 11 is 0. The summed E-state index contributed by atoms with van der Waals surface area (Å²) in [4.78, 5) is 47.1. The maximum absolute atomic E-state index is 15.3. The predicted octanol–water partition coefficient (Wildman–Crippen LogP) is 9.99. The zero-order chi connectivity index (χ0) is 47.7. The van der Waals surface area contributed by atoms with Crippen LogP contribution in [-0.4, -0.2) is 81.7 Å². The molecule has 0 bridgehead atoms. The Morgan fingerprint density at radius 3 is 2.39 bits per heavy atom. The molecule has 15 nitrogen and oxygen atoms in total. The third-order valence-electron chi connectivity index (χ3n) is 12.7. The molecule has 2 amide bonds. The minimum absolute atomic E-state index is 0.0245. The molecular formula is C52H62N4O11. The Kier molecular flexibility index (Phi) is 15.6. The molecule has 2 aliphatic carbocycles. The minimum atomic E-state index is -1.63. The van der Waals surface area contributed by atoms with Gasteiger partial charge in [-0.3, -0.25) is 15.0 Å². The van der Waals surface area contributed by atoms with Gasteiger partial charge in [0.15, 0.2) is 0 Å². The number of unbranched alkanes of at least 4 members (excludes halogenated alkanes) is 2. The van der Waals surface area contributed by atoms with Crippen molar-refractivity contribution in [2.45, 2.75) is 103 Å². The van der Waals surface area contributed by atoms with Crippen molar-refractivity contribution in [3.63, 3.8) is 0 Å². The number of carbonyl (C=O) groups is 2. The van der Waals surface area contributed by atoms with Crippen LogP contribution in [0.4, 0.5) is 15.3 Å². The summed E-state index contributed by atoms with van der Waals surface area (Å²) in [5, 5.41) is 41.1. The highest BCUT2D eigenvalue weighted by atomic mass is 16.7. The molecule has 356 valence electrons. The zero-order valence-electron chi connectivity index (χ0n) is 38.7. The Morgan fingerprint density at radius 1 is 0.970 bits per heavy atom. The lowest BCUT2D eigenvalue weighted by molar-refractivity contribution is -0.384. The third-order valence-corrected chi connectivity index (χ3v) is 12.7. The average Bonchev–Trinajstić information content (AvgIpc) is 3.30. The summed E-state index contributed by atoms with van der Waals surface area (Å²) < 4.78 is 26.5. The summed E-state index contributed by atoms with van der Waals surface area (Å²) in [6, 6.07) is 23.5. The largest absolute Gasteiger partial charge is 0.459 e. The van der Waals surface area contributed by atoms with Crippen LogP contribution in [0.15, 0.2) is 114 Å². The lowest BCUT2D eigenvalue weighted by Gasteiger charge is -2.60. The molecule has 0 spiro atoms. The summed E-state index contributed by atoms with van der Waals surface area (Å²) in [5.74, 6) is -1.92. The molecule has 0 aromatic heterocycles. The predicted molar refractivity (Wildman–Crippen MR) is 254 cm³/mol. The van der Waals surface area contributed by atoms with Gasteiger partial charge in [0.2, 0.25) is 5.79 Å². The number of nitro benzene ring substituents is 1. The van der Waals surface area contributed by atoms with Gasteiger partial charge < -0.3 is 39.3 Å². The number of non-ortho nitro benzene ring substituents is 1. The number of nitrogens with zero attached hydrogens (tertiary/aromatic N) is 3. The first-order chi connectivity index (χ1) is 32.3. The second kappa shape index (κ2) is 21.6. The molecule has 0 unspecified atom stereocenters. The van der Waals surface area contributed by atoms with Crippen molar-refractivity contribution in [1.29, 1.82) is 0 Å². The Bertz CT molecular complexity index is 2460. The Hall–Kier alpha value is -6.29. The fourth-order valence-corrected chi connectivity index (χ4v) is 9.90. The van der Waals surface area contributed by atoms with E-state index in [0.29, 0.717) is 49.4 Å². The van der Waals surface area contributed by atoms with E-state index in [4.69, 9.17) is 28.9 Å². The molecule has 4 aromatic rings. The van der Waals surface area contributed by atoms with E-state index < -0.39 is 46.4 Å². The molecule has 3 N–H and O–H groups in total. The van der Waals surface area contributed by atoms with Crippen LogP contribution in [0.1, 0.15) is 89.7 Å². The number of aliphatic hydroxyl groups is 2. The summed E-state index contributed by atoms with van der Waals surface area (Å²) in [6.07, 6.45) is 6.73. The minimum Gasteiger partial charge on any atom is -0.459 e. The van der Waals surface area contributed by atoms with Gasteiger partial charge in [-0.1, -0.05) is 72.6 Å². The highest BCUT2D eigenvalue weighted by Crippen LogP contribution is 2.62. The van der Waals surface area contributed by atoms with E-state index >= 15 is 4.79 Å². The first-order valence-corrected chi connectivity index (χ1v) is 23.2. The molecule has 7 rings (SSSR count). The van der Waals surface area contributed by atoms with Crippen LogP contribution in [-0.2, 0) is 16.1 Å². The van der Waals surface area contributed by atoms with Crippen molar-refractivity contribution in [2.75, 3.05) is 26.4 Å². The number of hydrogen-bond acceptors (Lipinski definition) is 12. The van der Waals surface area contributed by atoms with Gasteiger partial charge in [-0.05, 0) is 117 Å². The molecule has 67 heavy (non-hydrogen) atoms. The van der Waals surface area contributed by atoms with Gasteiger partial charge in [0.1, 0.15) is 28.9 Å². The van der Waals surface area contributed by atoms with E-state index in [1.807, 2.05) is 76.2 Å². The number of fused-ring (bicyclic) bond motifs is 3. The number of nitrogens with one attached hydrogen (secondary N) is 1.